The van der Waals surface area contributed by atoms with Gasteiger partial charge in [-0.05, 0) is 66.5 Å². The molecular weight excluding hydrogens is 250 g/mol. The van der Waals surface area contributed by atoms with Crippen molar-refractivity contribution >= 4 is 0 Å². The summed E-state index contributed by atoms with van der Waals surface area (Å²) in [7, 11) is 0. The number of ether oxygens (including phenoxy) is 2. The number of fused-ring (bicyclic) bond motifs is 6. The highest BCUT2D eigenvalue weighted by Gasteiger charge is 2.66. The molecular formula is C17H21NO2. The second-order valence-corrected chi connectivity index (χ2v) is 6.99. The fourth-order valence-electron chi connectivity index (χ4n) is 5.36. The topological polar surface area (TPSA) is 44.5 Å². The van der Waals surface area contributed by atoms with Crippen LogP contribution in [-0.2, 0) is 0 Å². The molecule has 1 aromatic rings. The van der Waals surface area contributed by atoms with Gasteiger partial charge in [0, 0.05) is 6.04 Å². The van der Waals surface area contributed by atoms with Crippen LogP contribution in [0, 0.1) is 29.6 Å². The number of rotatable bonds is 2. The van der Waals surface area contributed by atoms with Gasteiger partial charge in [-0.15, -0.1) is 0 Å². The van der Waals surface area contributed by atoms with Crippen LogP contribution >= 0.6 is 0 Å². The van der Waals surface area contributed by atoms with Gasteiger partial charge in [-0.3, -0.25) is 0 Å². The Morgan fingerprint density at radius 1 is 1.00 bits per heavy atom. The van der Waals surface area contributed by atoms with Crippen molar-refractivity contribution in [3.05, 3.63) is 23.8 Å². The molecule has 106 valence electrons. The van der Waals surface area contributed by atoms with E-state index in [2.05, 4.69) is 12.1 Å². The van der Waals surface area contributed by atoms with Crippen molar-refractivity contribution in [1.82, 2.24) is 0 Å². The molecule has 3 aliphatic carbocycles. The van der Waals surface area contributed by atoms with Gasteiger partial charge in [0.1, 0.15) is 13.2 Å². The van der Waals surface area contributed by atoms with Gasteiger partial charge < -0.3 is 15.2 Å². The van der Waals surface area contributed by atoms with E-state index in [1.165, 1.54) is 24.8 Å². The second-order valence-electron chi connectivity index (χ2n) is 6.99. The fourth-order valence-corrected chi connectivity index (χ4v) is 5.36. The molecule has 0 radical (unpaired) electrons. The van der Waals surface area contributed by atoms with Crippen LogP contribution in [0.5, 0.6) is 11.5 Å². The lowest BCUT2D eigenvalue weighted by Crippen LogP contribution is -2.19. The Bertz CT molecular complexity index is 542. The van der Waals surface area contributed by atoms with Crippen LogP contribution in [0.3, 0.4) is 0 Å². The van der Waals surface area contributed by atoms with Gasteiger partial charge in [0.15, 0.2) is 11.5 Å². The molecule has 3 fully saturated rings. The van der Waals surface area contributed by atoms with Crippen molar-refractivity contribution in [3.63, 3.8) is 0 Å². The van der Waals surface area contributed by atoms with Crippen LogP contribution in [0.1, 0.15) is 30.9 Å². The van der Waals surface area contributed by atoms with Crippen molar-refractivity contribution < 1.29 is 9.47 Å². The van der Waals surface area contributed by atoms with E-state index < -0.39 is 0 Å². The molecule has 2 bridgehead atoms. The lowest BCUT2D eigenvalue weighted by Gasteiger charge is -2.21. The highest BCUT2D eigenvalue weighted by atomic mass is 16.6. The number of hydrogen-bond donors (Lipinski definition) is 1. The van der Waals surface area contributed by atoms with E-state index in [0.29, 0.717) is 13.2 Å². The normalized spacial score (nSPS) is 41.4. The average Bonchev–Trinajstić information content (AvgIpc) is 2.93. The van der Waals surface area contributed by atoms with Crippen LogP contribution in [0.4, 0.5) is 0 Å². The van der Waals surface area contributed by atoms with E-state index in [9.17, 15) is 0 Å². The van der Waals surface area contributed by atoms with Gasteiger partial charge >= 0.3 is 0 Å². The first-order valence-electron chi connectivity index (χ1n) is 7.98. The third kappa shape index (κ3) is 1.44. The fraction of sp³-hybridized carbons (Fsp3) is 0.647. The molecule has 5 atom stereocenters. The van der Waals surface area contributed by atoms with Crippen molar-refractivity contribution in [1.29, 1.82) is 0 Å². The van der Waals surface area contributed by atoms with E-state index in [4.69, 9.17) is 15.2 Å². The highest BCUT2D eigenvalue weighted by Crippen LogP contribution is 2.71. The maximum absolute atomic E-state index is 6.58. The van der Waals surface area contributed by atoms with Gasteiger partial charge in [-0.25, -0.2) is 0 Å². The molecule has 1 heterocycles. The first-order chi connectivity index (χ1) is 9.83. The van der Waals surface area contributed by atoms with Gasteiger partial charge in [-0.2, -0.15) is 0 Å². The summed E-state index contributed by atoms with van der Waals surface area (Å²) in [6, 6.07) is 6.45. The first-order valence-corrected chi connectivity index (χ1v) is 7.98. The zero-order valence-corrected chi connectivity index (χ0v) is 11.6. The predicted molar refractivity (Wildman–Crippen MR) is 75.7 cm³/mol. The van der Waals surface area contributed by atoms with Gasteiger partial charge in [0.2, 0.25) is 0 Å². The van der Waals surface area contributed by atoms with Crippen LogP contribution in [0.2, 0.25) is 0 Å². The summed E-state index contributed by atoms with van der Waals surface area (Å²) in [6.07, 6.45) is 4.39. The third-order valence-corrected chi connectivity index (χ3v) is 6.16. The molecule has 1 aromatic carbocycles. The molecule has 0 saturated heterocycles. The van der Waals surface area contributed by atoms with E-state index in [0.717, 1.165) is 41.1 Å². The summed E-state index contributed by atoms with van der Waals surface area (Å²) in [6.45, 7) is 1.29. The minimum atomic E-state index is 0.184. The van der Waals surface area contributed by atoms with E-state index in [1.54, 1.807) is 0 Å². The summed E-state index contributed by atoms with van der Waals surface area (Å²) >= 11 is 0. The van der Waals surface area contributed by atoms with Gasteiger partial charge in [0.25, 0.3) is 0 Å². The van der Waals surface area contributed by atoms with Crippen molar-refractivity contribution in [2.24, 2.45) is 35.3 Å². The molecule has 3 nitrogen and oxygen atoms in total. The van der Waals surface area contributed by atoms with Gasteiger partial charge in [-0.1, -0.05) is 6.07 Å². The molecule has 0 amide bonds. The Balaban J connectivity index is 1.41. The SMILES string of the molecule is NC(c1ccc2c(c1)OCCO2)C1C2C3CCC(C3)C21. The van der Waals surface area contributed by atoms with Crippen molar-refractivity contribution in [3.8, 4) is 11.5 Å². The highest BCUT2D eigenvalue weighted by molar-refractivity contribution is 5.45. The molecule has 1 aliphatic heterocycles. The maximum atomic E-state index is 6.58. The Hall–Kier alpha value is -1.22. The van der Waals surface area contributed by atoms with E-state index >= 15 is 0 Å². The average molecular weight is 271 g/mol. The summed E-state index contributed by atoms with van der Waals surface area (Å²) in [5.41, 5.74) is 7.81. The lowest BCUT2D eigenvalue weighted by atomic mass is 9.93. The standard InChI is InChI=1S/C17H21NO2/c18-17(16-14-9-1-2-10(7-9)15(14)16)11-3-4-12-13(8-11)20-6-5-19-12/h3-4,8-10,14-17H,1-2,5-7,18H2. The second kappa shape index (κ2) is 3.91. The summed E-state index contributed by atoms with van der Waals surface area (Å²) < 4.78 is 11.3. The molecule has 5 rings (SSSR count). The monoisotopic (exact) mass is 271 g/mol. The Labute approximate surface area is 119 Å². The van der Waals surface area contributed by atoms with E-state index in [-0.39, 0.29) is 6.04 Å². The summed E-state index contributed by atoms with van der Waals surface area (Å²) in [5, 5.41) is 0. The first kappa shape index (κ1) is 11.4. The molecule has 2 N–H and O–H groups in total. The lowest BCUT2D eigenvalue weighted by molar-refractivity contribution is 0.171. The van der Waals surface area contributed by atoms with Crippen LogP contribution in [-0.4, -0.2) is 13.2 Å². The number of hydrogen-bond acceptors (Lipinski definition) is 3. The predicted octanol–water partition coefficient (Wildman–Crippen LogP) is 2.75. The van der Waals surface area contributed by atoms with E-state index in [1.807, 2.05) is 6.07 Å². The third-order valence-electron chi connectivity index (χ3n) is 6.16. The molecule has 3 heteroatoms. The van der Waals surface area contributed by atoms with Crippen LogP contribution < -0.4 is 15.2 Å². The van der Waals surface area contributed by atoms with Crippen LogP contribution in [0.15, 0.2) is 18.2 Å². The summed E-state index contributed by atoms with van der Waals surface area (Å²) in [4.78, 5) is 0. The van der Waals surface area contributed by atoms with Crippen molar-refractivity contribution in [2.75, 3.05) is 13.2 Å². The molecule has 5 unspecified atom stereocenters. The summed E-state index contributed by atoms with van der Waals surface area (Å²) in [5.74, 6) is 6.29. The molecule has 0 spiro atoms. The molecule has 4 aliphatic rings. The molecule has 3 saturated carbocycles. The van der Waals surface area contributed by atoms with Gasteiger partial charge in [0.05, 0.1) is 0 Å². The zero-order valence-electron chi connectivity index (χ0n) is 11.6. The molecule has 0 aromatic heterocycles. The van der Waals surface area contributed by atoms with Crippen molar-refractivity contribution in [2.45, 2.75) is 25.3 Å². The zero-order chi connectivity index (χ0) is 13.3. The Morgan fingerprint density at radius 3 is 2.45 bits per heavy atom. The maximum Gasteiger partial charge on any atom is 0.161 e. The largest absolute Gasteiger partial charge is 0.486 e. The minimum absolute atomic E-state index is 0.184. The quantitative estimate of drug-likeness (QED) is 0.899. The smallest absolute Gasteiger partial charge is 0.161 e. The van der Waals surface area contributed by atoms with Crippen LogP contribution in [0.25, 0.3) is 0 Å². The molecule has 20 heavy (non-hydrogen) atoms. The minimum Gasteiger partial charge on any atom is -0.486 e. The number of benzene rings is 1. The Morgan fingerprint density at radius 2 is 1.70 bits per heavy atom. The Kier molecular flexibility index (Phi) is 2.24. The number of nitrogens with two attached hydrogens (primary N) is 1.